The van der Waals surface area contributed by atoms with Crippen LogP contribution < -0.4 is 19.9 Å². The lowest BCUT2D eigenvalue weighted by atomic mass is 10.1. The minimum Gasteiger partial charge on any atom is -0.495 e. The van der Waals surface area contributed by atoms with Crippen LogP contribution in [0.4, 0.5) is 28.4 Å². The molecule has 1 N–H and O–H groups in total. The Bertz CT molecular complexity index is 1820. The van der Waals surface area contributed by atoms with Gasteiger partial charge in [-0.05, 0) is 62.7 Å². The van der Waals surface area contributed by atoms with Gasteiger partial charge in [0.1, 0.15) is 10.6 Å². The number of benzene rings is 3. The highest BCUT2D eigenvalue weighted by Gasteiger charge is 2.35. The van der Waals surface area contributed by atoms with Gasteiger partial charge >= 0.3 is 0 Å². The predicted octanol–water partition coefficient (Wildman–Crippen LogP) is 9.09. The van der Waals surface area contributed by atoms with E-state index in [9.17, 15) is 13.2 Å². The molecule has 0 fully saturated rings. The van der Waals surface area contributed by atoms with Crippen LogP contribution in [0.25, 0.3) is 0 Å². The Hall–Kier alpha value is -4.71. The smallest absolute Gasteiger partial charge is 0.286 e. The van der Waals surface area contributed by atoms with Gasteiger partial charge in [0.05, 0.1) is 37.0 Å². The van der Waals surface area contributed by atoms with Gasteiger partial charge < -0.3 is 24.6 Å². The van der Waals surface area contributed by atoms with Crippen LogP contribution >= 0.6 is 0 Å². The van der Waals surface area contributed by atoms with Crippen LogP contribution in [0.1, 0.15) is 85.0 Å². The molecule has 0 radical (unpaired) electrons. The van der Waals surface area contributed by atoms with Crippen molar-refractivity contribution < 1.29 is 22.7 Å². The molecule has 4 rings (SSSR count). The van der Waals surface area contributed by atoms with Gasteiger partial charge in [0.15, 0.2) is 17.9 Å². The maximum Gasteiger partial charge on any atom is 0.286 e. The predicted molar refractivity (Wildman–Crippen MR) is 214 cm³/mol. The number of amides is 1. The summed E-state index contributed by atoms with van der Waals surface area (Å²) in [5.41, 5.74) is 2.37. The van der Waals surface area contributed by atoms with Crippen molar-refractivity contribution in [1.29, 1.82) is 0 Å². The molecular weight excluding hydrogens is 677 g/mol. The standard InChI is InChI=1S/C40H54N6O5S/c1-6-9-10-11-12-13-14-15-16-21-28-46-35-23-18-20-25-37(35)52(48,49)44-39(46)38(40(47)43-33-22-17-19-24-36(33)51-5)42-32-27-26-31(45(7-2)8-3)29-34(32)41-30-50-4/h17-20,22-27,29-30H,6-16,21,28H2,1-5H3,(H,43,47). The molecule has 11 nitrogen and oxygen atoms in total. The maximum atomic E-state index is 14.4. The largest absolute Gasteiger partial charge is 0.495 e. The van der Waals surface area contributed by atoms with Crippen molar-refractivity contribution in [2.45, 2.75) is 89.9 Å². The average molecular weight is 731 g/mol. The van der Waals surface area contributed by atoms with Crippen molar-refractivity contribution in [3.8, 4) is 5.75 Å². The normalized spacial score (nSPS) is 13.8. The zero-order valence-electron chi connectivity index (χ0n) is 31.3. The summed E-state index contributed by atoms with van der Waals surface area (Å²) in [6.07, 6.45) is 12.8. The summed E-state index contributed by atoms with van der Waals surface area (Å²) in [6.45, 7) is 8.36. The Morgan fingerprint density at radius 2 is 1.50 bits per heavy atom. The summed E-state index contributed by atoms with van der Waals surface area (Å²) < 4.78 is 42.4. The Morgan fingerprint density at radius 1 is 0.846 bits per heavy atom. The van der Waals surface area contributed by atoms with Crippen LogP contribution in [-0.4, -0.2) is 66.1 Å². The van der Waals surface area contributed by atoms with Crippen LogP contribution in [0.2, 0.25) is 0 Å². The van der Waals surface area contributed by atoms with Gasteiger partial charge in [-0.3, -0.25) is 4.79 Å². The molecule has 3 aromatic carbocycles. The van der Waals surface area contributed by atoms with E-state index >= 15 is 0 Å². The molecule has 0 saturated carbocycles. The molecule has 12 heteroatoms. The molecule has 1 aliphatic heterocycles. The average Bonchev–Trinajstić information content (AvgIpc) is 3.15. The van der Waals surface area contributed by atoms with Crippen LogP contribution in [-0.2, 0) is 19.6 Å². The molecular formula is C40H54N6O5S. The van der Waals surface area contributed by atoms with Crippen LogP contribution in [0.15, 0.2) is 86.0 Å². The summed E-state index contributed by atoms with van der Waals surface area (Å²) in [4.78, 5) is 27.8. The van der Waals surface area contributed by atoms with Crippen molar-refractivity contribution in [1.82, 2.24) is 0 Å². The first-order chi connectivity index (χ1) is 25.3. The summed E-state index contributed by atoms with van der Waals surface area (Å²) >= 11 is 0. The molecule has 0 saturated heterocycles. The summed E-state index contributed by atoms with van der Waals surface area (Å²) in [5, 5.41) is 2.90. The third kappa shape index (κ3) is 10.7. The number of methoxy groups -OCH3 is 2. The fraction of sp³-hybridized carbons (Fsp3) is 0.450. The van der Waals surface area contributed by atoms with E-state index in [0.29, 0.717) is 35.0 Å². The lowest BCUT2D eigenvalue weighted by Crippen LogP contribution is -2.45. The first kappa shape index (κ1) is 40.1. The minimum absolute atomic E-state index is 0.0588. The van der Waals surface area contributed by atoms with Gasteiger partial charge in [-0.1, -0.05) is 89.0 Å². The molecule has 0 spiro atoms. The summed E-state index contributed by atoms with van der Waals surface area (Å²) in [5.74, 6) is -0.271. The van der Waals surface area contributed by atoms with Crippen molar-refractivity contribution in [2.24, 2.45) is 14.4 Å². The van der Waals surface area contributed by atoms with E-state index in [4.69, 9.17) is 14.5 Å². The van der Waals surface area contributed by atoms with Crippen LogP contribution in [0.3, 0.4) is 0 Å². The Kier molecular flexibility index (Phi) is 15.7. The summed E-state index contributed by atoms with van der Waals surface area (Å²) in [7, 11) is -1.17. The quantitative estimate of drug-likeness (QED) is 0.0659. The molecule has 0 unspecified atom stereocenters. The fourth-order valence-corrected chi connectivity index (χ4v) is 7.44. The van der Waals surface area contributed by atoms with Gasteiger partial charge in [-0.2, -0.15) is 8.42 Å². The van der Waals surface area contributed by atoms with Crippen LogP contribution in [0, 0.1) is 0 Å². The van der Waals surface area contributed by atoms with Gasteiger partial charge in [0.25, 0.3) is 15.9 Å². The number of nitrogens with one attached hydrogen (secondary N) is 1. The SMILES string of the molecule is CCCCCCCCCCCCN1C(C(=Nc2ccc(N(CC)CC)cc2N=COC)C(=O)Nc2ccccc2OC)=NS(=O)(=O)c2ccccc21. The fourth-order valence-electron chi connectivity index (χ4n) is 6.24. The molecule has 1 amide bonds. The van der Waals surface area contributed by atoms with E-state index in [0.717, 1.165) is 44.5 Å². The number of ether oxygens (including phenoxy) is 2. The second-order valence-electron chi connectivity index (χ2n) is 12.6. The number of carbonyl (C=O) groups is 1. The zero-order chi connectivity index (χ0) is 37.3. The highest BCUT2D eigenvalue weighted by atomic mass is 32.2. The van der Waals surface area contributed by atoms with Gasteiger partial charge in [0, 0.05) is 25.3 Å². The molecule has 0 aromatic heterocycles. The van der Waals surface area contributed by atoms with Crippen molar-refractivity contribution in [2.75, 3.05) is 49.0 Å². The Balaban J connectivity index is 1.77. The molecule has 1 heterocycles. The maximum absolute atomic E-state index is 14.4. The number of nitrogens with zero attached hydrogens (tertiary/aromatic N) is 5. The van der Waals surface area contributed by atoms with Crippen molar-refractivity contribution >= 4 is 62.3 Å². The lowest BCUT2D eigenvalue weighted by molar-refractivity contribution is -0.110. The number of sulfonamides is 1. The van der Waals surface area contributed by atoms with E-state index in [2.05, 4.69) is 40.4 Å². The van der Waals surface area contributed by atoms with E-state index in [1.807, 2.05) is 17.0 Å². The van der Waals surface area contributed by atoms with Crippen LogP contribution in [0.5, 0.6) is 5.75 Å². The molecule has 280 valence electrons. The number of hydrogen-bond acceptors (Lipinski definition) is 9. The summed E-state index contributed by atoms with van der Waals surface area (Å²) in [6, 6.07) is 19.3. The highest BCUT2D eigenvalue weighted by molar-refractivity contribution is 7.90. The van der Waals surface area contributed by atoms with E-state index in [1.54, 1.807) is 54.6 Å². The number of anilines is 3. The number of amidine groups is 1. The second-order valence-corrected chi connectivity index (χ2v) is 14.2. The van der Waals surface area contributed by atoms with Gasteiger partial charge in [0.2, 0.25) is 0 Å². The molecule has 1 aliphatic rings. The first-order valence-corrected chi connectivity index (χ1v) is 19.9. The lowest BCUT2D eigenvalue weighted by Gasteiger charge is -2.31. The first-order valence-electron chi connectivity index (χ1n) is 18.5. The highest BCUT2D eigenvalue weighted by Crippen LogP contribution is 2.36. The molecule has 0 bridgehead atoms. The zero-order valence-corrected chi connectivity index (χ0v) is 32.1. The molecule has 0 aliphatic carbocycles. The number of aliphatic imine (C=N–C) groups is 2. The third-order valence-corrected chi connectivity index (χ3v) is 10.3. The Labute approximate surface area is 309 Å². The van der Waals surface area contributed by atoms with E-state index in [-0.39, 0.29) is 16.4 Å². The second kappa shape index (κ2) is 20.4. The number of para-hydroxylation sites is 3. The minimum atomic E-state index is -4.18. The van der Waals surface area contributed by atoms with E-state index < -0.39 is 15.9 Å². The monoisotopic (exact) mass is 730 g/mol. The van der Waals surface area contributed by atoms with Crippen molar-refractivity contribution in [3.63, 3.8) is 0 Å². The van der Waals surface area contributed by atoms with Crippen molar-refractivity contribution in [3.05, 3.63) is 66.7 Å². The van der Waals surface area contributed by atoms with Gasteiger partial charge in [-0.15, -0.1) is 4.40 Å². The molecule has 0 atom stereocenters. The topological polar surface area (TPSA) is 125 Å². The molecule has 52 heavy (non-hydrogen) atoms. The third-order valence-electron chi connectivity index (χ3n) is 9.03. The van der Waals surface area contributed by atoms with Gasteiger partial charge in [-0.25, -0.2) is 9.98 Å². The number of carbonyl (C=O) groups excluding carboxylic acids is 1. The molecule has 3 aromatic rings. The number of rotatable bonds is 21. The number of fused-ring (bicyclic) bond motifs is 1. The Morgan fingerprint density at radius 3 is 2.17 bits per heavy atom. The van der Waals surface area contributed by atoms with E-state index in [1.165, 1.54) is 59.1 Å². The number of hydrogen-bond donors (Lipinski definition) is 1. The number of unbranched alkanes of at least 4 members (excludes halogenated alkanes) is 9.